The van der Waals surface area contributed by atoms with E-state index in [1.54, 1.807) is 24.3 Å². The summed E-state index contributed by atoms with van der Waals surface area (Å²) in [7, 11) is -3.67. The van der Waals surface area contributed by atoms with E-state index in [1.165, 1.54) is 10.4 Å². The normalized spacial score (nSPS) is 15.5. The van der Waals surface area contributed by atoms with Crippen LogP contribution in [-0.4, -0.2) is 44.9 Å². The van der Waals surface area contributed by atoms with E-state index in [2.05, 4.69) is 21.2 Å². The average molecular weight is 453 g/mol. The number of ether oxygens (including phenoxy) is 1. The standard InChI is InChI=1S/C19H21BrN2O4S/c1-2-14-6-7-15(19(23)21-17-5-3-4-16(20)13-17)12-18(14)27(24,25)22-8-10-26-11-9-22/h3-7,12-13H,2,8-11H2,1H3,(H,21,23). The van der Waals surface area contributed by atoms with E-state index in [-0.39, 0.29) is 10.8 Å². The molecule has 0 saturated carbocycles. The van der Waals surface area contributed by atoms with E-state index in [9.17, 15) is 13.2 Å². The second-order valence-electron chi connectivity index (χ2n) is 6.16. The molecule has 1 amide bonds. The van der Waals surface area contributed by atoms with Crippen LogP contribution in [0.3, 0.4) is 0 Å². The molecular weight excluding hydrogens is 432 g/mol. The number of carbonyl (C=O) groups excluding carboxylic acids is 1. The van der Waals surface area contributed by atoms with Crippen LogP contribution in [0.2, 0.25) is 0 Å². The summed E-state index contributed by atoms with van der Waals surface area (Å²) in [6.45, 7) is 3.29. The highest BCUT2D eigenvalue weighted by molar-refractivity contribution is 9.10. The third-order valence-corrected chi connectivity index (χ3v) is 6.85. The Morgan fingerprint density at radius 1 is 1.19 bits per heavy atom. The Balaban J connectivity index is 1.92. The Kier molecular flexibility index (Phi) is 6.31. The van der Waals surface area contributed by atoms with E-state index < -0.39 is 10.0 Å². The maximum Gasteiger partial charge on any atom is 0.255 e. The Bertz CT molecular complexity index is 940. The first-order valence-corrected chi connectivity index (χ1v) is 10.9. The average Bonchev–Trinajstić information content (AvgIpc) is 2.68. The molecule has 0 aromatic heterocycles. The van der Waals surface area contributed by atoms with Gasteiger partial charge in [0.15, 0.2) is 0 Å². The number of hydrogen-bond acceptors (Lipinski definition) is 4. The minimum Gasteiger partial charge on any atom is -0.379 e. The summed E-state index contributed by atoms with van der Waals surface area (Å²) in [6, 6.07) is 12.1. The first-order chi connectivity index (χ1) is 12.9. The Hall–Kier alpha value is -1.74. The molecule has 0 atom stereocenters. The van der Waals surface area contributed by atoms with Crippen molar-refractivity contribution in [2.45, 2.75) is 18.2 Å². The fourth-order valence-electron chi connectivity index (χ4n) is 2.92. The highest BCUT2D eigenvalue weighted by atomic mass is 79.9. The van der Waals surface area contributed by atoms with Crippen molar-refractivity contribution in [2.75, 3.05) is 31.6 Å². The van der Waals surface area contributed by atoms with Crippen molar-refractivity contribution in [3.63, 3.8) is 0 Å². The van der Waals surface area contributed by atoms with E-state index in [4.69, 9.17) is 4.74 Å². The van der Waals surface area contributed by atoms with Gasteiger partial charge in [-0.2, -0.15) is 4.31 Å². The lowest BCUT2D eigenvalue weighted by Crippen LogP contribution is -2.41. The highest BCUT2D eigenvalue weighted by Gasteiger charge is 2.29. The lowest BCUT2D eigenvalue weighted by atomic mass is 10.1. The van der Waals surface area contributed by atoms with Crippen molar-refractivity contribution in [3.05, 3.63) is 58.1 Å². The first kappa shape index (κ1) is 20.0. The van der Waals surface area contributed by atoms with Gasteiger partial charge >= 0.3 is 0 Å². The largest absolute Gasteiger partial charge is 0.379 e. The van der Waals surface area contributed by atoms with E-state index >= 15 is 0 Å². The Morgan fingerprint density at radius 2 is 1.93 bits per heavy atom. The zero-order chi connectivity index (χ0) is 19.4. The second-order valence-corrected chi connectivity index (χ2v) is 8.98. The molecule has 1 heterocycles. The molecule has 2 aromatic rings. The van der Waals surface area contributed by atoms with Crippen molar-refractivity contribution < 1.29 is 17.9 Å². The van der Waals surface area contributed by atoms with Crippen LogP contribution in [0.4, 0.5) is 5.69 Å². The molecule has 144 valence electrons. The van der Waals surface area contributed by atoms with Crippen molar-refractivity contribution in [3.8, 4) is 0 Å². The number of hydrogen-bond donors (Lipinski definition) is 1. The van der Waals surface area contributed by atoms with Gasteiger partial charge in [0.25, 0.3) is 5.91 Å². The molecule has 1 aliphatic heterocycles. The number of aryl methyl sites for hydroxylation is 1. The van der Waals surface area contributed by atoms with Crippen LogP contribution in [-0.2, 0) is 21.2 Å². The fourth-order valence-corrected chi connectivity index (χ4v) is 5.05. The summed E-state index contributed by atoms with van der Waals surface area (Å²) in [6.07, 6.45) is 0.562. The molecule has 0 unspecified atom stereocenters. The van der Waals surface area contributed by atoms with Crippen molar-refractivity contribution in [2.24, 2.45) is 0 Å². The van der Waals surface area contributed by atoms with Gasteiger partial charge in [-0.1, -0.05) is 35.0 Å². The number of morpholine rings is 1. The number of nitrogens with one attached hydrogen (secondary N) is 1. The minimum absolute atomic E-state index is 0.189. The molecule has 2 aromatic carbocycles. The van der Waals surface area contributed by atoms with Gasteiger partial charge < -0.3 is 10.1 Å². The summed E-state index contributed by atoms with van der Waals surface area (Å²) >= 11 is 3.36. The fraction of sp³-hybridized carbons (Fsp3) is 0.316. The van der Waals surface area contributed by atoms with Crippen LogP contribution in [0.5, 0.6) is 0 Å². The maximum atomic E-state index is 13.1. The monoisotopic (exact) mass is 452 g/mol. The van der Waals surface area contributed by atoms with Gasteiger partial charge in [-0.05, 0) is 42.3 Å². The van der Waals surface area contributed by atoms with Gasteiger partial charge in [0.1, 0.15) is 0 Å². The number of nitrogens with zero attached hydrogens (tertiary/aromatic N) is 1. The van der Waals surface area contributed by atoms with Gasteiger partial charge in [0, 0.05) is 28.8 Å². The molecule has 1 aliphatic rings. The van der Waals surface area contributed by atoms with Gasteiger partial charge in [-0.3, -0.25) is 4.79 Å². The number of carbonyl (C=O) groups is 1. The predicted octanol–water partition coefficient (Wildman–Crippen LogP) is 3.28. The van der Waals surface area contributed by atoms with Crippen molar-refractivity contribution >= 4 is 37.5 Å². The van der Waals surface area contributed by atoms with Gasteiger partial charge in [0.2, 0.25) is 10.0 Å². The minimum atomic E-state index is -3.67. The maximum absolute atomic E-state index is 13.1. The number of sulfonamides is 1. The number of anilines is 1. The zero-order valence-corrected chi connectivity index (χ0v) is 17.3. The lowest BCUT2D eigenvalue weighted by molar-refractivity contribution is 0.0730. The van der Waals surface area contributed by atoms with Crippen molar-refractivity contribution in [1.82, 2.24) is 4.31 Å². The van der Waals surface area contributed by atoms with Gasteiger partial charge in [-0.25, -0.2) is 8.42 Å². The summed E-state index contributed by atoms with van der Waals surface area (Å²) in [5, 5.41) is 2.80. The lowest BCUT2D eigenvalue weighted by Gasteiger charge is -2.27. The molecule has 8 heteroatoms. The van der Waals surface area contributed by atoms with Crippen LogP contribution in [0.25, 0.3) is 0 Å². The number of amides is 1. The van der Waals surface area contributed by atoms with Crippen LogP contribution < -0.4 is 5.32 Å². The summed E-state index contributed by atoms with van der Waals surface area (Å²) in [5.74, 6) is -0.353. The summed E-state index contributed by atoms with van der Waals surface area (Å²) < 4.78 is 33.7. The number of rotatable bonds is 5. The molecule has 3 rings (SSSR count). The SMILES string of the molecule is CCc1ccc(C(=O)Nc2cccc(Br)c2)cc1S(=O)(=O)N1CCOCC1. The second kappa shape index (κ2) is 8.52. The third-order valence-electron chi connectivity index (χ3n) is 4.38. The molecule has 0 radical (unpaired) electrons. The summed E-state index contributed by atoms with van der Waals surface area (Å²) in [5.41, 5.74) is 1.63. The topological polar surface area (TPSA) is 75.7 Å². The van der Waals surface area contributed by atoms with E-state index in [0.29, 0.717) is 49.5 Å². The summed E-state index contributed by atoms with van der Waals surface area (Å²) in [4.78, 5) is 12.8. The first-order valence-electron chi connectivity index (χ1n) is 8.69. The molecule has 27 heavy (non-hydrogen) atoms. The molecule has 1 N–H and O–H groups in total. The number of halogens is 1. The smallest absolute Gasteiger partial charge is 0.255 e. The van der Waals surface area contributed by atoms with E-state index in [1.807, 2.05) is 19.1 Å². The van der Waals surface area contributed by atoms with Crippen LogP contribution in [0.15, 0.2) is 51.8 Å². The molecule has 0 spiro atoms. The van der Waals surface area contributed by atoms with Crippen LogP contribution in [0.1, 0.15) is 22.8 Å². The molecule has 6 nitrogen and oxygen atoms in total. The molecule has 0 bridgehead atoms. The Morgan fingerprint density at radius 3 is 2.59 bits per heavy atom. The highest BCUT2D eigenvalue weighted by Crippen LogP contribution is 2.24. The molecular formula is C19H21BrN2O4S. The van der Waals surface area contributed by atoms with Crippen LogP contribution >= 0.6 is 15.9 Å². The predicted molar refractivity (Wildman–Crippen MR) is 107 cm³/mol. The van der Waals surface area contributed by atoms with Crippen LogP contribution in [0, 0.1) is 0 Å². The van der Waals surface area contributed by atoms with Crippen molar-refractivity contribution in [1.29, 1.82) is 0 Å². The van der Waals surface area contributed by atoms with Gasteiger partial charge in [-0.15, -0.1) is 0 Å². The molecule has 1 saturated heterocycles. The third kappa shape index (κ3) is 4.57. The molecule has 0 aliphatic carbocycles. The quantitative estimate of drug-likeness (QED) is 0.754. The molecule has 1 fully saturated rings. The Labute approximate surface area is 167 Å². The zero-order valence-electron chi connectivity index (χ0n) is 14.9. The van der Waals surface area contributed by atoms with E-state index in [0.717, 1.165) is 4.47 Å². The number of benzene rings is 2. The van der Waals surface area contributed by atoms with Gasteiger partial charge in [0.05, 0.1) is 18.1 Å².